The largest absolute Gasteiger partial charge is 0.378 e. The number of aromatic nitrogens is 10. The third kappa shape index (κ3) is 17.7. The van der Waals surface area contributed by atoms with Gasteiger partial charge in [-0.1, -0.05) is 66.7 Å². The van der Waals surface area contributed by atoms with Crippen molar-refractivity contribution in [2.45, 2.75) is 84.2 Å². The molecule has 12 heterocycles. The van der Waals surface area contributed by atoms with Crippen LogP contribution in [0, 0.1) is 0 Å². The molecule has 4 N–H and O–H groups in total. The van der Waals surface area contributed by atoms with Crippen LogP contribution in [0.25, 0.3) is 27.9 Å². The molecule has 0 radical (unpaired) electrons. The van der Waals surface area contributed by atoms with Gasteiger partial charge in [-0.3, -0.25) is 19.2 Å². The first kappa shape index (κ1) is 70.5. The van der Waals surface area contributed by atoms with Crippen LogP contribution >= 0.6 is 0 Å². The molecular formula is C81H87N17O6. The first-order chi connectivity index (χ1) is 50.7. The molecule has 3 fully saturated rings. The van der Waals surface area contributed by atoms with Crippen LogP contribution in [0.2, 0.25) is 0 Å². The monoisotopic (exact) mass is 1390 g/mol. The predicted octanol–water partition coefficient (Wildman–Crippen LogP) is 12.5. The molecule has 3 saturated heterocycles. The molecule has 9 aromatic heterocycles. The van der Waals surface area contributed by atoms with Gasteiger partial charge in [0.1, 0.15) is 0 Å². The summed E-state index contributed by atoms with van der Waals surface area (Å²) in [4.78, 5) is 61.2. The quantitative estimate of drug-likeness (QED) is 0.0705. The lowest BCUT2D eigenvalue weighted by atomic mass is 10.1. The van der Waals surface area contributed by atoms with Crippen LogP contribution in [0.4, 0.5) is 17.1 Å². The second-order valence-electron chi connectivity index (χ2n) is 26.3. The first-order valence-corrected chi connectivity index (χ1v) is 35.6. The van der Waals surface area contributed by atoms with Crippen LogP contribution < -0.4 is 36.0 Å². The fourth-order valence-electron chi connectivity index (χ4n) is 12.9. The number of carbonyl (C=O) groups is 4. The number of piperidine rings is 1. The van der Waals surface area contributed by atoms with Crippen LogP contribution in [0.3, 0.4) is 0 Å². The number of ether oxygens (including phenoxy) is 2. The molecule has 104 heavy (non-hydrogen) atoms. The van der Waals surface area contributed by atoms with Crippen LogP contribution in [0.1, 0.15) is 142 Å². The number of hydrogen-bond acceptors (Lipinski definition) is 14. The summed E-state index contributed by atoms with van der Waals surface area (Å²) >= 11 is 0. The number of pyridine rings is 3. The number of nitrogens with one attached hydrogen (secondary N) is 4. The number of carbonyl (C=O) groups excluding carboxylic acids is 4. The van der Waals surface area contributed by atoms with Crippen LogP contribution in [-0.2, 0) is 9.47 Å². The standard InChI is InChI=1S/C21H24N4O2.C21H24N4O.C20H18N4O.C19H21N5O2/c1-15-14-24(11-12-27-15)18-8-6-17(7-9-18)16(2)22-21(26)20-13-19-5-3-4-10-25(19)23-20;1-16(17-8-10-18(11-9-17)24-12-4-2-5-13-24)22-21(26)20-15-19-7-3-6-14-25(19)23-20;1-15(16-7-9-17(10-8-16)23-11-4-5-12-23)21-20(25)19-14-18-6-2-3-13-24(18)22-19;1-14(15-3-5-16(6-4-15)23-9-11-26-12-10-23)21-19(25)17-13-18-20-7-2-8-24(18)22-17/h3-10,13,15-16H,11-12,14H2,1-2H3,(H,22,26);3,6-11,14-16H,2,4-5,12-13H2,1H3,(H,22,26);2-15H,1H3,(H,21,25);2-8,13-14H,9-12H2,1H3,(H,21,25)/t15?,16-;16-;15-;14-/m1111/s1. The second kappa shape index (κ2) is 33.2. The molecule has 0 saturated carbocycles. The SMILES string of the molecule is CC1CN(c2ccc([C@@H](C)NC(=O)c3cc4ccccn4n3)cc2)CCO1.C[C@@H](NC(=O)c1cc2ccccn2n1)c1ccc(-n2cccc2)cc1.C[C@@H](NC(=O)c1cc2ccccn2n1)c1ccc(N2CCCCC2)cc1.C[C@@H](NC(=O)c1cc2ncccn2n1)c1ccc(N2CCOCC2)cc1. The average Bonchev–Trinajstić information content (AvgIpc) is 1.69. The molecule has 3 aliphatic rings. The third-order valence-corrected chi connectivity index (χ3v) is 18.8. The molecule has 23 heteroatoms. The number of morpholine rings is 2. The Labute approximate surface area is 604 Å². The van der Waals surface area contributed by atoms with E-state index < -0.39 is 0 Å². The summed E-state index contributed by atoms with van der Waals surface area (Å²) in [6.07, 6.45) is 17.1. The highest BCUT2D eigenvalue weighted by molar-refractivity contribution is 5.95. The number of fused-ring (bicyclic) bond motifs is 4. The highest BCUT2D eigenvalue weighted by Gasteiger charge is 2.22. The van der Waals surface area contributed by atoms with Crippen molar-refractivity contribution in [3.8, 4) is 5.69 Å². The Bertz CT molecular complexity index is 4700. The zero-order valence-corrected chi connectivity index (χ0v) is 59.2. The molecule has 5 atom stereocenters. The van der Waals surface area contributed by atoms with Gasteiger partial charge in [-0.15, -0.1) is 0 Å². The van der Waals surface area contributed by atoms with E-state index in [1.165, 1.54) is 36.3 Å². The van der Waals surface area contributed by atoms with E-state index in [2.05, 4.69) is 141 Å². The fraction of sp³-hybridized carbons (Fsp3) is 0.272. The lowest BCUT2D eigenvalue weighted by Crippen LogP contribution is -2.41. The van der Waals surface area contributed by atoms with E-state index in [0.29, 0.717) is 28.4 Å². The van der Waals surface area contributed by atoms with Crippen molar-refractivity contribution in [3.63, 3.8) is 0 Å². The number of amides is 4. The van der Waals surface area contributed by atoms with Gasteiger partial charge in [-0.05, 0) is 197 Å². The number of anilines is 3. The summed E-state index contributed by atoms with van der Waals surface area (Å²) in [6.45, 7) is 18.2. The maximum absolute atomic E-state index is 12.5. The van der Waals surface area contributed by atoms with Gasteiger partial charge in [-0.25, -0.2) is 23.0 Å². The van der Waals surface area contributed by atoms with Crippen molar-refractivity contribution in [3.05, 3.63) is 283 Å². The average molecular weight is 1390 g/mol. The van der Waals surface area contributed by atoms with E-state index in [1.807, 2.05) is 160 Å². The minimum Gasteiger partial charge on any atom is -0.378 e. The first-order valence-electron chi connectivity index (χ1n) is 35.6. The molecule has 532 valence electrons. The van der Waals surface area contributed by atoms with E-state index in [9.17, 15) is 19.2 Å². The molecule has 4 amide bonds. The van der Waals surface area contributed by atoms with Crippen molar-refractivity contribution in [2.75, 3.05) is 73.8 Å². The topological polar surface area (TPSA) is 232 Å². The summed E-state index contributed by atoms with van der Waals surface area (Å²) in [5.74, 6) is -0.704. The Kier molecular flexibility index (Phi) is 22.5. The zero-order chi connectivity index (χ0) is 71.9. The molecule has 4 aromatic carbocycles. The van der Waals surface area contributed by atoms with E-state index in [1.54, 1.807) is 54.7 Å². The van der Waals surface area contributed by atoms with Crippen LogP contribution in [0.15, 0.2) is 238 Å². The lowest BCUT2D eigenvalue weighted by molar-refractivity contribution is 0.0532. The normalized spacial score (nSPS) is 15.6. The Morgan fingerprint density at radius 3 is 1.14 bits per heavy atom. The van der Waals surface area contributed by atoms with Gasteiger partial charge in [0.25, 0.3) is 23.6 Å². The Balaban J connectivity index is 0.000000123. The van der Waals surface area contributed by atoms with Gasteiger partial charge in [-0.2, -0.15) is 20.4 Å². The van der Waals surface area contributed by atoms with Crippen molar-refractivity contribution < 1.29 is 28.7 Å². The lowest BCUT2D eigenvalue weighted by Gasteiger charge is -2.33. The highest BCUT2D eigenvalue weighted by Crippen LogP contribution is 2.26. The Morgan fingerprint density at radius 2 is 0.740 bits per heavy atom. The maximum atomic E-state index is 12.5. The summed E-state index contributed by atoms with van der Waals surface area (Å²) in [5.41, 5.74) is 14.0. The molecule has 0 bridgehead atoms. The fourth-order valence-corrected chi connectivity index (χ4v) is 12.9. The molecule has 13 aromatic rings. The minimum atomic E-state index is -0.208. The number of rotatable bonds is 16. The molecule has 16 rings (SSSR count). The van der Waals surface area contributed by atoms with Gasteiger partial charge in [0.2, 0.25) is 0 Å². The highest BCUT2D eigenvalue weighted by atomic mass is 16.5. The summed E-state index contributed by atoms with van der Waals surface area (Å²) in [5, 5.41) is 29.3. The minimum absolute atomic E-state index is 0.0669. The van der Waals surface area contributed by atoms with E-state index in [0.717, 1.165) is 104 Å². The second-order valence-corrected chi connectivity index (χ2v) is 26.3. The Morgan fingerprint density at radius 1 is 0.385 bits per heavy atom. The zero-order valence-electron chi connectivity index (χ0n) is 59.2. The van der Waals surface area contributed by atoms with Crippen molar-refractivity contribution in [1.29, 1.82) is 0 Å². The predicted molar refractivity (Wildman–Crippen MR) is 404 cm³/mol. The van der Waals surface area contributed by atoms with Gasteiger partial charge in [0.15, 0.2) is 28.4 Å². The van der Waals surface area contributed by atoms with E-state index >= 15 is 0 Å². The van der Waals surface area contributed by atoms with Crippen LogP contribution in [0.5, 0.6) is 0 Å². The molecule has 0 aliphatic carbocycles. The van der Waals surface area contributed by atoms with E-state index in [4.69, 9.17) is 9.47 Å². The number of benzene rings is 4. The van der Waals surface area contributed by atoms with Gasteiger partial charge >= 0.3 is 0 Å². The van der Waals surface area contributed by atoms with Gasteiger partial charge < -0.3 is 50.0 Å². The molecule has 0 spiro atoms. The molecule has 3 aliphatic heterocycles. The van der Waals surface area contributed by atoms with Crippen molar-refractivity contribution in [2.24, 2.45) is 0 Å². The van der Waals surface area contributed by atoms with Crippen molar-refractivity contribution in [1.82, 2.24) is 69.3 Å². The smallest absolute Gasteiger partial charge is 0.272 e. The summed E-state index contributed by atoms with van der Waals surface area (Å²) in [6, 6.07) is 63.1. The number of hydrogen-bond donors (Lipinski definition) is 4. The maximum Gasteiger partial charge on any atom is 0.272 e. The molecular weight excluding hydrogens is 1310 g/mol. The van der Waals surface area contributed by atoms with Gasteiger partial charge in [0.05, 0.1) is 66.6 Å². The molecule has 23 nitrogen and oxygen atoms in total. The van der Waals surface area contributed by atoms with Crippen molar-refractivity contribution >= 4 is 62.9 Å². The third-order valence-electron chi connectivity index (χ3n) is 18.8. The summed E-state index contributed by atoms with van der Waals surface area (Å²) in [7, 11) is 0. The van der Waals surface area contributed by atoms with Crippen LogP contribution in [-0.4, -0.2) is 137 Å². The van der Waals surface area contributed by atoms with Gasteiger partial charge in [0, 0.05) is 111 Å². The number of nitrogens with zero attached hydrogens (tertiary/aromatic N) is 13. The van der Waals surface area contributed by atoms with E-state index in [-0.39, 0.29) is 53.9 Å². The molecule has 1 unspecified atom stereocenters. The summed E-state index contributed by atoms with van der Waals surface area (Å²) < 4.78 is 19.8. The Hall–Kier alpha value is -12.0.